The molecule has 2 aromatic heterocycles. The van der Waals surface area contributed by atoms with Crippen molar-refractivity contribution in [2.24, 2.45) is 5.92 Å². The van der Waals surface area contributed by atoms with E-state index in [9.17, 15) is 18.4 Å². The normalized spacial score (nSPS) is 11.7. The van der Waals surface area contributed by atoms with Gasteiger partial charge in [0.1, 0.15) is 22.2 Å². The Morgan fingerprint density at radius 2 is 1.55 bits per heavy atom. The number of rotatable bonds is 11. The molecule has 0 amide bonds. The third-order valence-corrected chi connectivity index (χ3v) is 8.72. The van der Waals surface area contributed by atoms with Gasteiger partial charge in [-0.25, -0.2) is 8.78 Å². The summed E-state index contributed by atoms with van der Waals surface area (Å²) in [4.78, 5) is 31.0. The minimum absolute atomic E-state index is 0.0150. The van der Waals surface area contributed by atoms with Crippen molar-refractivity contribution in [1.82, 2.24) is 9.47 Å². The van der Waals surface area contributed by atoms with Gasteiger partial charge < -0.3 is 9.30 Å². The van der Waals surface area contributed by atoms with E-state index in [-0.39, 0.29) is 35.0 Å². The summed E-state index contributed by atoms with van der Waals surface area (Å²) in [5.74, 6) is -1.39. The molecule has 0 aliphatic carbocycles. The van der Waals surface area contributed by atoms with E-state index < -0.39 is 17.6 Å². The summed E-state index contributed by atoms with van der Waals surface area (Å²) in [5.41, 5.74) is 2.29. The molecule has 44 heavy (non-hydrogen) atoms. The number of hydrogen-bond donors (Lipinski definition) is 0. The molecule has 0 atom stereocenters. The number of ether oxygens (including phenoxy) is 1. The van der Waals surface area contributed by atoms with E-state index in [4.69, 9.17) is 4.74 Å². The Bertz CT molecular complexity index is 1820. The average Bonchev–Trinajstić information content (AvgIpc) is 3.36. The Morgan fingerprint density at radius 3 is 2.16 bits per heavy atom. The lowest BCUT2D eigenvalue weighted by atomic mass is 9.99. The van der Waals surface area contributed by atoms with E-state index in [0.717, 1.165) is 27.3 Å². The van der Waals surface area contributed by atoms with Gasteiger partial charge in [0.15, 0.2) is 5.78 Å². The molecule has 0 radical (unpaired) electrons. The Hall–Kier alpha value is -4.14. The van der Waals surface area contributed by atoms with Crippen molar-refractivity contribution >= 4 is 27.3 Å². The maximum Gasteiger partial charge on any atom is 0.201 e. The topological polar surface area (TPSA) is 51.5 Å². The molecular weight excluding hydrogens is 578 g/mol. The first kappa shape index (κ1) is 31.3. The van der Waals surface area contributed by atoms with Gasteiger partial charge in [-0.15, -0.1) is 11.3 Å². The standard InChI is InChI=1S/C36H36F2N2O3S/c1-22(2)33(41)29-21-40(20-27-30(37)12-9-13-31(27)38)36-32(34(29)42)28(19-39(5)18-24-10-7-6-8-11-24)35(44-36)25-14-16-26(17-15-25)43-23(3)4/h6-17,21-23H,18-20H2,1-5H3. The van der Waals surface area contributed by atoms with Crippen LogP contribution in [-0.4, -0.2) is 28.4 Å². The van der Waals surface area contributed by atoms with Crippen molar-refractivity contribution in [3.8, 4) is 16.2 Å². The first-order valence-electron chi connectivity index (χ1n) is 14.7. The lowest BCUT2D eigenvalue weighted by Crippen LogP contribution is -2.24. The Labute approximate surface area is 260 Å². The summed E-state index contributed by atoms with van der Waals surface area (Å²) in [7, 11) is 1.98. The van der Waals surface area contributed by atoms with Crippen molar-refractivity contribution in [2.75, 3.05) is 7.05 Å². The third-order valence-electron chi connectivity index (χ3n) is 7.40. The lowest BCUT2D eigenvalue weighted by Gasteiger charge is -2.18. The monoisotopic (exact) mass is 614 g/mol. The second-order valence-electron chi connectivity index (χ2n) is 11.7. The molecule has 0 unspecified atom stereocenters. The summed E-state index contributed by atoms with van der Waals surface area (Å²) < 4.78 is 37.2. The molecule has 8 heteroatoms. The first-order valence-corrected chi connectivity index (χ1v) is 15.5. The number of benzene rings is 3. The van der Waals surface area contributed by atoms with Crippen LogP contribution in [0, 0.1) is 17.6 Å². The number of thiophene rings is 1. The Kier molecular flexibility index (Phi) is 9.42. The highest BCUT2D eigenvalue weighted by atomic mass is 32.1. The zero-order valence-corrected chi connectivity index (χ0v) is 26.4. The lowest BCUT2D eigenvalue weighted by molar-refractivity contribution is 0.0937. The van der Waals surface area contributed by atoms with Gasteiger partial charge in [-0.05, 0) is 74.0 Å². The molecule has 0 aliphatic heterocycles. The molecule has 0 fully saturated rings. The summed E-state index contributed by atoms with van der Waals surface area (Å²) >= 11 is 1.38. The number of carbonyl (C=O) groups is 1. The smallest absolute Gasteiger partial charge is 0.201 e. The van der Waals surface area contributed by atoms with E-state index in [1.807, 2.05) is 75.5 Å². The van der Waals surface area contributed by atoms with Crippen LogP contribution in [0.2, 0.25) is 0 Å². The predicted molar refractivity (Wildman–Crippen MR) is 174 cm³/mol. The maximum absolute atomic E-state index is 14.9. The van der Waals surface area contributed by atoms with Crippen LogP contribution in [0.1, 0.15) is 54.7 Å². The molecule has 0 saturated heterocycles. The van der Waals surface area contributed by atoms with Gasteiger partial charge in [-0.1, -0.05) is 50.2 Å². The summed E-state index contributed by atoms with van der Waals surface area (Å²) in [5, 5.41) is 0.399. The summed E-state index contributed by atoms with van der Waals surface area (Å²) in [6, 6.07) is 21.5. The van der Waals surface area contributed by atoms with Gasteiger partial charge >= 0.3 is 0 Å². The van der Waals surface area contributed by atoms with Crippen molar-refractivity contribution in [1.29, 1.82) is 0 Å². The molecule has 228 valence electrons. The van der Waals surface area contributed by atoms with Crippen LogP contribution in [0.5, 0.6) is 5.75 Å². The van der Waals surface area contributed by atoms with Crippen molar-refractivity contribution in [3.63, 3.8) is 0 Å². The highest BCUT2D eigenvalue weighted by molar-refractivity contribution is 7.22. The number of halogens is 2. The van der Waals surface area contributed by atoms with E-state index in [1.165, 1.54) is 35.7 Å². The van der Waals surface area contributed by atoms with E-state index in [2.05, 4.69) is 4.90 Å². The van der Waals surface area contributed by atoms with Gasteiger partial charge in [0.05, 0.1) is 23.6 Å². The number of aromatic nitrogens is 1. The van der Waals surface area contributed by atoms with Crippen LogP contribution >= 0.6 is 11.3 Å². The first-order chi connectivity index (χ1) is 21.0. The quantitative estimate of drug-likeness (QED) is 0.140. The molecule has 5 nitrogen and oxygen atoms in total. The molecule has 5 rings (SSSR count). The van der Waals surface area contributed by atoms with Crippen LogP contribution < -0.4 is 10.2 Å². The molecule has 0 N–H and O–H groups in total. The molecule has 3 aromatic carbocycles. The molecule has 0 saturated carbocycles. The molecule has 0 aliphatic rings. The Balaban J connectivity index is 1.74. The van der Waals surface area contributed by atoms with Crippen molar-refractivity contribution < 1.29 is 18.3 Å². The van der Waals surface area contributed by atoms with Crippen LogP contribution in [0.4, 0.5) is 8.78 Å². The highest BCUT2D eigenvalue weighted by Crippen LogP contribution is 2.39. The number of hydrogen-bond acceptors (Lipinski definition) is 5. The van der Waals surface area contributed by atoms with Gasteiger partial charge in [-0.2, -0.15) is 0 Å². The number of nitrogens with zero attached hydrogens (tertiary/aromatic N) is 2. The minimum Gasteiger partial charge on any atom is -0.491 e. The van der Waals surface area contributed by atoms with Crippen molar-refractivity contribution in [2.45, 2.75) is 53.4 Å². The number of pyridine rings is 1. The van der Waals surface area contributed by atoms with Crippen LogP contribution in [0.25, 0.3) is 20.7 Å². The third kappa shape index (κ3) is 6.66. The zero-order chi connectivity index (χ0) is 31.5. The van der Waals surface area contributed by atoms with E-state index in [0.29, 0.717) is 23.3 Å². The van der Waals surface area contributed by atoms with E-state index in [1.54, 1.807) is 18.4 Å². The van der Waals surface area contributed by atoms with Gasteiger partial charge in [0.25, 0.3) is 0 Å². The zero-order valence-electron chi connectivity index (χ0n) is 25.6. The predicted octanol–water partition coefficient (Wildman–Crippen LogP) is 8.31. The van der Waals surface area contributed by atoms with Gasteiger partial charge in [-0.3, -0.25) is 14.5 Å². The summed E-state index contributed by atoms with van der Waals surface area (Å²) in [6.07, 6.45) is 1.49. The molecule has 5 aromatic rings. The SMILES string of the molecule is CC(C)Oc1ccc(-c2sc3c(c2CN(C)Cc2ccccc2)c(=O)c(C(=O)C(C)C)cn3Cc2c(F)cccc2F)cc1. The second kappa shape index (κ2) is 13.2. The number of fused-ring (bicyclic) bond motifs is 1. The fourth-order valence-electron chi connectivity index (χ4n) is 5.32. The average molecular weight is 615 g/mol. The summed E-state index contributed by atoms with van der Waals surface area (Å²) in [6.45, 7) is 8.28. The number of ketones is 1. The molecule has 2 heterocycles. The molecule has 0 spiro atoms. The Morgan fingerprint density at radius 1 is 0.886 bits per heavy atom. The highest BCUT2D eigenvalue weighted by Gasteiger charge is 2.26. The largest absolute Gasteiger partial charge is 0.491 e. The molecule has 0 bridgehead atoms. The fraction of sp³-hybridized carbons (Fsp3) is 0.278. The molecular formula is C36H36F2N2O3S. The van der Waals surface area contributed by atoms with Gasteiger partial charge in [0, 0.05) is 35.6 Å². The van der Waals surface area contributed by atoms with Crippen LogP contribution in [0.15, 0.2) is 83.8 Å². The fourth-order valence-corrected chi connectivity index (χ4v) is 6.61. The van der Waals surface area contributed by atoms with Crippen LogP contribution in [-0.2, 0) is 19.6 Å². The second-order valence-corrected chi connectivity index (χ2v) is 12.7. The van der Waals surface area contributed by atoms with E-state index >= 15 is 0 Å². The number of carbonyl (C=O) groups excluding carboxylic acids is 1. The minimum atomic E-state index is -0.686. The van der Waals surface area contributed by atoms with Gasteiger partial charge in [0.2, 0.25) is 5.43 Å². The maximum atomic E-state index is 14.9. The number of Topliss-reactive ketones (excluding diaryl/α,β-unsaturated/α-hetero) is 1. The van der Waals surface area contributed by atoms with Crippen LogP contribution in [0.3, 0.4) is 0 Å². The van der Waals surface area contributed by atoms with Crippen molar-refractivity contribution in [3.05, 3.63) is 123 Å².